The predicted molar refractivity (Wildman–Crippen MR) is 81.7 cm³/mol. The Bertz CT molecular complexity index is 367. The summed E-state index contributed by atoms with van der Waals surface area (Å²) in [6.45, 7) is 5.12. The number of thioether (sulfide) groups is 1. The molecule has 0 aromatic carbocycles. The second kappa shape index (κ2) is 7.85. The van der Waals surface area contributed by atoms with Crippen LogP contribution in [0.1, 0.15) is 49.9 Å². The van der Waals surface area contributed by atoms with E-state index in [1.54, 1.807) is 11.8 Å². The van der Waals surface area contributed by atoms with Gasteiger partial charge in [0.15, 0.2) is 5.16 Å². The number of aromatic nitrogens is 2. The molecular weight excluding hydrogens is 254 g/mol. The minimum Gasteiger partial charge on any atom is -0.313 e. The van der Waals surface area contributed by atoms with E-state index in [4.69, 9.17) is 0 Å². The molecule has 106 valence electrons. The largest absolute Gasteiger partial charge is 0.313 e. The third-order valence-electron chi connectivity index (χ3n) is 3.58. The Morgan fingerprint density at radius 1 is 1.11 bits per heavy atom. The van der Waals surface area contributed by atoms with E-state index < -0.39 is 0 Å². The highest BCUT2D eigenvalue weighted by Crippen LogP contribution is 2.18. The molecule has 0 bridgehead atoms. The van der Waals surface area contributed by atoms with Gasteiger partial charge in [0.25, 0.3) is 0 Å². The van der Waals surface area contributed by atoms with Gasteiger partial charge in [-0.2, -0.15) is 0 Å². The highest BCUT2D eigenvalue weighted by atomic mass is 32.2. The summed E-state index contributed by atoms with van der Waals surface area (Å²) in [6, 6.07) is 2.76. The minimum atomic E-state index is 0.739. The van der Waals surface area contributed by atoms with Crippen molar-refractivity contribution < 1.29 is 0 Å². The standard InChI is InChI=1S/C15H25N3S/c1-12-11-13(2)18-15(17-12)19-10-9-16-14-7-5-3-4-6-8-14/h11,14,16H,3-10H2,1-2H3. The van der Waals surface area contributed by atoms with E-state index in [1.807, 2.05) is 19.9 Å². The lowest BCUT2D eigenvalue weighted by Crippen LogP contribution is -2.30. The monoisotopic (exact) mass is 279 g/mol. The van der Waals surface area contributed by atoms with Crippen LogP contribution in [0.15, 0.2) is 11.2 Å². The lowest BCUT2D eigenvalue weighted by molar-refractivity contribution is 0.474. The van der Waals surface area contributed by atoms with Gasteiger partial charge in [0.05, 0.1) is 0 Å². The van der Waals surface area contributed by atoms with Gasteiger partial charge in [-0.05, 0) is 32.8 Å². The lowest BCUT2D eigenvalue weighted by Gasteiger charge is -2.15. The van der Waals surface area contributed by atoms with Crippen molar-refractivity contribution in [2.75, 3.05) is 12.3 Å². The summed E-state index contributed by atoms with van der Waals surface area (Å²) in [6.07, 6.45) is 8.33. The first-order valence-corrected chi connectivity index (χ1v) is 8.41. The fourth-order valence-electron chi connectivity index (χ4n) is 2.65. The molecule has 0 aliphatic heterocycles. The fraction of sp³-hybridized carbons (Fsp3) is 0.733. The van der Waals surface area contributed by atoms with Crippen molar-refractivity contribution in [1.82, 2.24) is 15.3 Å². The first kappa shape index (κ1) is 14.8. The Morgan fingerprint density at radius 2 is 1.74 bits per heavy atom. The number of nitrogens with one attached hydrogen (secondary N) is 1. The summed E-state index contributed by atoms with van der Waals surface area (Å²) in [5.74, 6) is 1.05. The first-order valence-electron chi connectivity index (χ1n) is 7.42. The predicted octanol–water partition coefficient (Wildman–Crippen LogP) is 3.50. The van der Waals surface area contributed by atoms with Gasteiger partial charge >= 0.3 is 0 Å². The Labute approximate surface area is 121 Å². The molecule has 0 atom stereocenters. The molecule has 3 nitrogen and oxygen atoms in total. The molecule has 19 heavy (non-hydrogen) atoms. The molecule has 1 fully saturated rings. The topological polar surface area (TPSA) is 37.8 Å². The molecule has 1 heterocycles. The highest BCUT2D eigenvalue weighted by Gasteiger charge is 2.11. The Kier molecular flexibility index (Phi) is 6.11. The molecule has 1 aromatic rings. The average molecular weight is 279 g/mol. The van der Waals surface area contributed by atoms with Gasteiger partial charge in [-0.1, -0.05) is 37.4 Å². The minimum absolute atomic E-state index is 0.739. The van der Waals surface area contributed by atoms with Gasteiger partial charge < -0.3 is 5.32 Å². The molecule has 0 spiro atoms. The number of nitrogens with zero attached hydrogens (tertiary/aromatic N) is 2. The number of rotatable bonds is 5. The maximum absolute atomic E-state index is 4.46. The van der Waals surface area contributed by atoms with Crippen LogP contribution in [-0.4, -0.2) is 28.3 Å². The lowest BCUT2D eigenvalue weighted by atomic mass is 10.1. The van der Waals surface area contributed by atoms with Gasteiger partial charge in [-0.15, -0.1) is 0 Å². The normalized spacial score (nSPS) is 17.4. The van der Waals surface area contributed by atoms with E-state index in [-0.39, 0.29) is 0 Å². The Balaban J connectivity index is 1.68. The van der Waals surface area contributed by atoms with E-state index in [0.717, 1.165) is 34.9 Å². The SMILES string of the molecule is Cc1cc(C)nc(SCCNC2CCCCCC2)n1. The molecule has 2 rings (SSSR count). The number of hydrogen-bond donors (Lipinski definition) is 1. The van der Waals surface area contributed by atoms with Gasteiger partial charge in [0.2, 0.25) is 0 Å². The first-order chi connectivity index (χ1) is 9.24. The van der Waals surface area contributed by atoms with Crippen molar-refractivity contribution in [1.29, 1.82) is 0 Å². The molecule has 1 aliphatic carbocycles. The van der Waals surface area contributed by atoms with Crippen molar-refractivity contribution >= 4 is 11.8 Å². The summed E-state index contributed by atoms with van der Waals surface area (Å²) in [5.41, 5.74) is 2.12. The average Bonchev–Trinajstić information content (AvgIpc) is 2.62. The van der Waals surface area contributed by atoms with E-state index >= 15 is 0 Å². The molecule has 0 amide bonds. The number of aryl methyl sites for hydroxylation is 2. The summed E-state index contributed by atoms with van der Waals surface area (Å²) in [4.78, 5) is 8.91. The van der Waals surface area contributed by atoms with E-state index in [1.165, 1.54) is 38.5 Å². The summed E-state index contributed by atoms with van der Waals surface area (Å²) >= 11 is 1.76. The molecule has 0 saturated heterocycles. The maximum Gasteiger partial charge on any atom is 0.188 e. The van der Waals surface area contributed by atoms with E-state index in [9.17, 15) is 0 Å². The Morgan fingerprint density at radius 3 is 2.37 bits per heavy atom. The molecule has 1 aromatic heterocycles. The molecule has 1 N–H and O–H groups in total. The zero-order valence-corrected chi connectivity index (χ0v) is 12.9. The van der Waals surface area contributed by atoms with Crippen LogP contribution >= 0.6 is 11.8 Å². The molecule has 0 unspecified atom stereocenters. The van der Waals surface area contributed by atoms with Crippen LogP contribution in [0.25, 0.3) is 0 Å². The van der Waals surface area contributed by atoms with Crippen molar-refractivity contribution in [3.63, 3.8) is 0 Å². The van der Waals surface area contributed by atoms with Crippen LogP contribution in [0, 0.1) is 13.8 Å². The third-order valence-corrected chi connectivity index (χ3v) is 4.43. The second-order valence-corrected chi connectivity index (χ2v) is 6.49. The van der Waals surface area contributed by atoms with Crippen LogP contribution in [0.4, 0.5) is 0 Å². The fourth-order valence-corrected chi connectivity index (χ4v) is 3.47. The van der Waals surface area contributed by atoms with E-state index in [2.05, 4.69) is 15.3 Å². The van der Waals surface area contributed by atoms with Crippen molar-refractivity contribution in [2.24, 2.45) is 0 Å². The summed E-state index contributed by atoms with van der Waals surface area (Å²) in [7, 11) is 0. The van der Waals surface area contributed by atoms with Crippen LogP contribution < -0.4 is 5.32 Å². The Hall–Kier alpha value is -0.610. The molecule has 1 saturated carbocycles. The van der Waals surface area contributed by atoms with Crippen LogP contribution in [0.5, 0.6) is 0 Å². The van der Waals surface area contributed by atoms with Crippen LogP contribution in [0.2, 0.25) is 0 Å². The quantitative estimate of drug-likeness (QED) is 0.387. The highest BCUT2D eigenvalue weighted by molar-refractivity contribution is 7.99. The summed E-state index contributed by atoms with van der Waals surface area (Å²) in [5, 5.41) is 4.60. The number of hydrogen-bond acceptors (Lipinski definition) is 4. The third kappa shape index (κ3) is 5.49. The molecule has 1 aliphatic rings. The van der Waals surface area contributed by atoms with Gasteiger partial charge in [-0.25, -0.2) is 9.97 Å². The molecule has 4 heteroatoms. The van der Waals surface area contributed by atoms with Crippen molar-refractivity contribution in [2.45, 2.75) is 63.6 Å². The van der Waals surface area contributed by atoms with Gasteiger partial charge in [0, 0.05) is 29.7 Å². The van der Waals surface area contributed by atoms with Gasteiger partial charge in [0.1, 0.15) is 0 Å². The zero-order chi connectivity index (χ0) is 13.5. The van der Waals surface area contributed by atoms with E-state index in [0.29, 0.717) is 0 Å². The smallest absolute Gasteiger partial charge is 0.188 e. The van der Waals surface area contributed by atoms with Crippen molar-refractivity contribution in [3.05, 3.63) is 17.5 Å². The molecular formula is C15H25N3S. The molecule has 0 radical (unpaired) electrons. The van der Waals surface area contributed by atoms with Crippen LogP contribution in [0.3, 0.4) is 0 Å². The maximum atomic E-state index is 4.46. The van der Waals surface area contributed by atoms with Crippen LogP contribution in [-0.2, 0) is 0 Å². The summed E-state index contributed by atoms with van der Waals surface area (Å²) < 4.78 is 0. The second-order valence-electron chi connectivity index (χ2n) is 5.42. The van der Waals surface area contributed by atoms with Crippen molar-refractivity contribution in [3.8, 4) is 0 Å². The van der Waals surface area contributed by atoms with Gasteiger partial charge in [-0.3, -0.25) is 0 Å². The zero-order valence-electron chi connectivity index (χ0n) is 12.1.